The second-order valence-electron chi connectivity index (χ2n) is 6.87. The maximum atomic E-state index is 12.8. The molecule has 1 aromatic heterocycles. The van der Waals surface area contributed by atoms with E-state index in [0.717, 1.165) is 15.8 Å². The largest absolute Gasteiger partial charge is 0.352 e. The van der Waals surface area contributed by atoms with Crippen LogP contribution >= 0.6 is 0 Å². The molecule has 148 valence electrons. The standard InChI is InChI=1S/C21H13N3O6/c25-17-10-22-15-8-4-1-5-12(15)9-16(22)21(29)23(17)11-18(26)30-24-19(27)13-6-2-3-7-14(13)20(24)28/h1-9H,10-11H2. The number of hydroxylamine groups is 2. The van der Waals surface area contributed by atoms with Gasteiger partial charge in [0.25, 0.3) is 17.7 Å². The average molecular weight is 403 g/mol. The number of carbonyl (C=O) groups is 5. The summed E-state index contributed by atoms with van der Waals surface area (Å²) in [5.74, 6) is -3.87. The second kappa shape index (κ2) is 6.38. The molecule has 0 atom stereocenters. The van der Waals surface area contributed by atoms with Gasteiger partial charge >= 0.3 is 5.97 Å². The number of fused-ring (bicyclic) bond motifs is 4. The molecule has 2 aliphatic rings. The summed E-state index contributed by atoms with van der Waals surface area (Å²) >= 11 is 0. The SMILES string of the molecule is O=C(CN1C(=O)Cn2c(cc3ccccc32)C1=O)ON1C(=O)c2ccccc2C1=O. The van der Waals surface area contributed by atoms with Gasteiger partial charge in [-0.05, 0) is 24.3 Å². The van der Waals surface area contributed by atoms with Crippen LogP contribution in [0.25, 0.3) is 10.9 Å². The van der Waals surface area contributed by atoms with Crippen molar-refractivity contribution >= 4 is 40.5 Å². The molecule has 4 amide bonds. The Balaban J connectivity index is 1.36. The van der Waals surface area contributed by atoms with Gasteiger partial charge in [-0.3, -0.25) is 24.1 Å². The highest BCUT2D eigenvalue weighted by Gasteiger charge is 2.40. The maximum absolute atomic E-state index is 12.8. The fourth-order valence-electron chi connectivity index (χ4n) is 3.70. The van der Waals surface area contributed by atoms with Crippen molar-refractivity contribution in [3.8, 4) is 0 Å². The average Bonchev–Trinajstić information content (AvgIpc) is 3.23. The van der Waals surface area contributed by atoms with E-state index in [9.17, 15) is 24.0 Å². The van der Waals surface area contributed by atoms with E-state index in [0.29, 0.717) is 5.06 Å². The van der Waals surface area contributed by atoms with Crippen LogP contribution in [0.15, 0.2) is 54.6 Å². The molecule has 2 aromatic carbocycles. The number of carbonyl (C=O) groups excluding carboxylic acids is 5. The molecule has 0 saturated carbocycles. The molecule has 0 spiro atoms. The summed E-state index contributed by atoms with van der Waals surface area (Å²) in [6.45, 7) is -0.832. The van der Waals surface area contributed by atoms with Gasteiger partial charge in [0.15, 0.2) is 0 Å². The fourth-order valence-corrected chi connectivity index (χ4v) is 3.70. The number of para-hydroxylation sites is 1. The Bertz CT molecular complexity index is 1260. The Kier molecular flexibility index (Phi) is 3.78. The third-order valence-electron chi connectivity index (χ3n) is 5.11. The molecule has 0 N–H and O–H groups in total. The Morgan fingerprint density at radius 2 is 1.50 bits per heavy atom. The molecule has 3 aromatic rings. The number of rotatable bonds is 3. The molecular weight excluding hydrogens is 390 g/mol. The van der Waals surface area contributed by atoms with Gasteiger partial charge in [-0.15, -0.1) is 0 Å². The minimum Gasteiger partial charge on any atom is -0.328 e. The summed E-state index contributed by atoms with van der Waals surface area (Å²) in [5.41, 5.74) is 1.24. The summed E-state index contributed by atoms with van der Waals surface area (Å²) < 4.78 is 1.59. The van der Waals surface area contributed by atoms with Crippen LogP contribution in [0, 0.1) is 0 Å². The summed E-state index contributed by atoms with van der Waals surface area (Å²) in [5, 5.41) is 1.15. The predicted octanol–water partition coefficient (Wildman–Crippen LogP) is 1.38. The molecule has 5 rings (SSSR count). The van der Waals surface area contributed by atoms with E-state index >= 15 is 0 Å². The van der Waals surface area contributed by atoms with Crippen LogP contribution in [-0.2, 0) is 21.0 Å². The first kappa shape index (κ1) is 17.8. The molecule has 0 fully saturated rings. The molecule has 30 heavy (non-hydrogen) atoms. The van der Waals surface area contributed by atoms with Crippen LogP contribution in [0.4, 0.5) is 0 Å². The Labute approximate surface area is 169 Å². The normalized spacial score (nSPS) is 15.6. The molecule has 0 bridgehead atoms. The molecule has 0 radical (unpaired) electrons. The van der Waals surface area contributed by atoms with Gasteiger partial charge in [-0.1, -0.05) is 35.4 Å². The number of imide groups is 2. The lowest BCUT2D eigenvalue weighted by atomic mass is 10.1. The van der Waals surface area contributed by atoms with Crippen molar-refractivity contribution in [1.29, 1.82) is 0 Å². The van der Waals surface area contributed by atoms with Crippen molar-refractivity contribution in [3.05, 3.63) is 71.4 Å². The van der Waals surface area contributed by atoms with Crippen molar-refractivity contribution in [2.24, 2.45) is 0 Å². The zero-order chi connectivity index (χ0) is 21.0. The van der Waals surface area contributed by atoms with E-state index in [4.69, 9.17) is 4.84 Å². The van der Waals surface area contributed by atoms with Gasteiger partial charge < -0.3 is 9.40 Å². The van der Waals surface area contributed by atoms with Gasteiger partial charge in [0.1, 0.15) is 18.8 Å². The summed E-state index contributed by atoms with van der Waals surface area (Å²) in [7, 11) is 0. The molecule has 0 aliphatic carbocycles. The Morgan fingerprint density at radius 3 is 2.20 bits per heavy atom. The van der Waals surface area contributed by atoms with Crippen molar-refractivity contribution in [2.45, 2.75) is 6.54 Å². The minimum absolute atomic E-state index is 0.116. The molecule has 2 aliphatic heterocycles. The van der Waals surface area contributed by atoms with Crippen LogP contribution < -0.4 is 0 Å². The predicted molar refractivity (Wildman–Crippen MR) is 101 cm³/mol. The van der Waals surface area contributed by atoms with Gasteiger partial charge in [-0.2, -0.15) is 0 Å². The Morgan fingerprint density at radius 1 is 0.867 bits per heavy atom. The first-order valence-corrected chi connectivity index (χ1v) is 9.07. The second-order valence-corrected chi connectivity index (χ2v) is 6.87. The van der Waals surface area contributed by atoms with Crippen LogP contribution in [0.5, 0.6) is 0 Å². The van der Waals surface area contributed by atoms with Crippen molar-refractivity contribution in [2.75, 3.05) is 6.54 Å². The van der Waals surface area contributed by atoms with Crippen LogP contribution in [0.2, 0.25) is 0 Å². The van der Waals surface area contributed by atoms with E-state index in [2.05, 4.69) is 0 Å². The Hall–Kier alpha value is -4.27. The van der Waals surface area contributed by atoms with E-state index < -0.39 is 36.1 Å². The lowest BCUT2D eigenvalue weighted by Crippen LogP contribution is -2.48. The van der Waals surface area contributed by atoms with E-state index in [1.54, 1.807) is 34.9 Å². The molecular formula is C21H13N3O6. The third-order valence-corrected chi connectivity index (χ3v) is 5.11. The summed E-state index contributed by atoms with van der Waals surface area (Å²) in [6.07, 6.45) is 0. The lowest BCUT2D eigenvalue weighted by Gasteiger charge is -2.26. The number of aromatic nitrogens is 1. The first-order chi connectivity index (χ1) is 14.5. The molecule has 0 unspecified atom stereocenters. The highest BCUT2D eigenvalue weighted by Crippen LogP contribution is 2.25. The van der Waals surface area contributed by atoms with Gasteiger partial charge in [0.05, 0.1) is 11.1 Å². The lowest BCUT2D eigenvalue weighted by molar-refractivity contribution is -0.170. The third kappa shape index (κ3) is 2.52. The quantitative estimate of drug-likeness (QED) is 0.612. The van der Waals surface area contributed by atoms with Crippen molar-refractivity contribution in [3.63, 3.8) is 0 Å². The number of nitrogens with zero attached hydrogens (tertiary/aromatic N) is 3. The smallest absolute Gasteiger partial charge is 0.328 e. The van der Waals surface area contributed by atoms with Gasteiger partial charge in [0, 0.05) is 10.9 Å². The van der Waals surface area contributed by atoms with Crippen LogP contribution in [-0.4, -0.2) is 50.7 Å². The first-order valence-electron chi connectivity index (χ1n) is 9.07. The van der Waals surface area contributed by atoms with Crippen molar-refractivity contribution < 1.29 is 28.8 Å². The monoisotopic (exact) mass is 403 g/mol. The maximum Gasteiger partial charge on any atom is 0.352 e. The molecule has 9 nitrogen and oxygen atoms in total. The zero-order valence-electron chi connectivity index (χ0n) is 15.4. The summed E-state index contributed by atoms with van der Waals surface area (Å²) in [4.78, 5) is 68.0. The number of benzene rings is 2. The molecule has 0 saturated heterocycles. The topological polar surface area (TPSA) is 106 Å². The van der Waals surface area contributed by atoms with E-state index in [-0.39, 0.29) is 23.4 Å². The van der Waals surface area contributed by atoms with E-state index in [1.165, 1.54) is 12.1 Å². The number of hydrogen-bond donors (Lipinski definition) is 0. The fraction of sp³-hybridized carbons (Fsp3) is 0.0952. The van der Waals surface area contributed by atoms with Crippen molar-refractivity contribution in [1.82, 2.24) is 14.5 Å². The number of amides is 4. The zero-order valence-corrected chi connectivity index (χ0v) is 15.4. The van der Waals surface area contributed by atoms with Gasteiger partial charge in [-0.25, -0.2) is 4.79 Å². The highest BCUT2D eigenvalue weighted by atomic mass is 16.7. The van der Waals surface area contributed by atoms with E-state index in [1.807, 2.05) is 12.1 Å². The van der Waals surface area contributed by atoms with Gasteiger partial charge in [0.2, 0.25) is 5.91 Å². The minimum atomic E-state index is -1.07. The number of hydrogen-bond acceptors (Lipinski definition) is 6. The molecule has 9 heteroatoms. The highest BCUT2D eigenvalue weighted by molar-refractivity contribution is 6.21. The van der Waals surface area contributed by atoms with Crippen LogP contribution in [0.3, 0.4) is 0 Å². The molecule has 3 heterocycles. The summed E-state index contributed by atoms with van der Waals surface area (Å²) in [6, 6.07) is 14.9. The van der Waals surface area contributed by atoms with Crippen LogP contribution in [0.1, 0.15) is 31.2 Å².